The van der Waals surface area contributed by atoms with Crippen molar-refractivity contribution in [1.82, 2.24) is 10.0 Å². The Balaban J connectivity index is 2.98. The van der Waals surface area contributed by atoms with E-state index in [9.17, 15) is 23.3 Å². The number of amides is 1. The molecule has 0 aromatic heterocycles. The minimum absolute atomic E-state index is 0.0709. The fraction of sp³-hybridized carbons (Fsp3) is 0.300. The first-order valence-electron chi connectivity index (χ1n) is 5.52. The number of hydrogen-bond donors (Lipinski definition) is 3. The number of benzene rings is 1. The molecule has 110 valence electrons. The Labute approximate surface area is 115 Å². The fourth-order valence-corrected chi connectivity index (χ4v) is 2.59. The molecule has 0 spiro atoms. The second-order valence-corrected chi connectivity index (χ2v) is 5.54. The number of nitrogens with one attached hydrogen (secondary N) is 2. The molecule has 0 saturated heterocycles. The molecule has 0 radical (unpaired) electrons. The first-order valence-corrected chi connectivity index (χ1v) is 7.00. The number of anilines is 1. The topological polar surface area (TPSA) is 144 Å². The van der Waals surface area contributed by atoms with Crippen LogP contribution in [0.2, 0.25) is 0 Å². The average molecular weight is 302 g/mol. The molecule has 0 aliphatic heterocycles. The molecule has 0 atom stereocenters. The number of hydrogen-bond acceptors (Lipinski definition) is 6. The van der Waals surface area contributed by atoms with Crippen molar-refractivity contribution in [3.63, 3.8) is 0 Å². The molecule has 0 heterocycles. The molecule has 1 rings (SSSR count). The van der Waals surface area contributed by atoms with Crippen molar-refractivity contribution in [3.8, 4) is 0 Å². The maximum Gasteiger partial charge on any atom is 0.291 e. The molecule has 9 nitrogen and oxygen atoms in total. The van der Waals surface area contributed by atoms with E-state index in [1.165, 1.54) is 13.1 Å². The van der Waals surface area contributed by atoms with Gasteiger partial charge in [-0.05, 0) is 12.1 Å². The Hall–Kier alpha value is -2.20. The lowest BCUT2D eigenvalue weighted by Gasteiger charge is -2.07. The molecular weight excluding hydrogens is 288 g/mol. The summed E-state index contributed by atoms with van der Waals surface area (Å²) in [5.41, 5.74) is 4.86. The van der Waals surface area contributed by atoms with Gasteiger partial charge in [-0.15, -0.1) is 0 Å². The highest BCUT2D eigenvalue weighted by Crippen LogP contribution is 2.25. The summed E-state index contributed by atoms with van der Waals surface area (Å²) >= 11 is 0. The van der Waals surface area contributed by atoms with Crippen LogP contribution in [0.25, 0.3) is 0 Å². The number of sulfonamides is 1. The third-order valence-corrected chi connectivity index (χ3v) is 3.90. The lowest BCUT2D eigenvalue weighted by molar-refractivity contribution is -0.387. The minimum Gasteiger partial charge on any atom is -0.399 e. The molecule has 1 aromatic carbocycles. The largest absolute Gasteiger partial charge is 0.399 e. The summed E-state index contributed by atoms with van der Waals surface area (Å²) in [6.07, 6.45) is -0.0709. The van der Waals surface area contributed by atoms with E-state index in [2.05, 4.69) is 10.0 Å². The van der Waals surface area contributed by atoms with Crippen molar-refractivity contribution < 1.29 is 18.1 Å². The van der Waals surface area contributed by atoms with Gasteiger partial charge in [-0.25, -0.2) is 13.1 Å². The standard InChI is InChI=1S/C10H14N4O5S/c1-12-10(15)4-5-13-20(18,19)9-3-2-7(11)6-8(9)14(16)17/h2-3,6,13H,4-5,11H2,1H3,(H,12,15). The average Bonchev–Trinajstić information content (AvgIpc) is 2.37. The van der Waals surface area contributed by atoms with E-state index in [1.807, 2.05) is 0 Å². The Morgan fingerprint density at radius 1 is 1.45 bits per heavy atom. The lowest BCUT2D eigenvalue weighted by atomic mass is 10.3. The van der Waals surface area contributed by atoms with Gasteiger partial charge in [0.1, 0.15) is 0 Å². The van der Waals surface area contributed by atoms with Crippen molar-refractivity contribution in [2.24, 2.45) is 0 Å². The highest BCUT2D eigenvalue weighted by Gasteiger charge is 2.25. The van der Waals surface area contributed by atoms with Gasteiger partial charge in [0.05, 0.1) is 4.92 Å². The van der Waals surface area contributed by atoms with Crippen LogP contribution in [0.3, 0.4) is 0 Å². The van der Waals surface area contributed by atoms with Crippen LogP contribution in [0.15, 0.2) is 23.1 Å². The molecular formula is C10H14N4O5S. The molecule has 0 unspecified atom stereocenters. The lowest BCUT2D eigenvalue weighted by Crippen LogP contribution is -2.29. The molecule has 20 heavy (non-hydrogen) atoms. The monoisotopic (exact) mass is 302 g/mol. The number of nitro benzene ring substituents is 1. The van der Waals surface area contributed by atoms with Gasteiger partial charge in [-0.3, -0.25) is 14.9 Å². The summed E-state index contributed by atoms with van der Waals surface area (Å²) in [4.78, 5) is 20.5. The van der Waals surface area contributed by atoms with Crippen LogP contribution in [0, 0.1) is 10.1 Å². The van der Waals surface area contributed by atoms with Crippen LogP contribution in [0.1, 0.15) is 6.42 Å². The van der Waals surface area contributed by atoms with Gasteiger partial charge in [0, 0.05) is 31.8 Å². The van der Waals surface area contributed by atoms with Gasteiger partial charge in [-0.2, -0.15) is 0 Å². The number of nitro groups is 1. The Morgan fingerprint density at radius 2 is 2.10 bits per heavy atom. The van der Waals surface area contributed by atoms with E-state index in [-0.39, 0.29) is 24.6 Å². The number of nitrogens with two attached hydrogens (primary N) is 1. The molecule has 0 fully saturated rings. The predicted molar refractivity (Wildman–Crippen MR) is 71.4 cm³/mol. The number of nitrogen functional groups attached to an aromatic ring is 1. The van der Waals surface area contributed by atoms with Gasteiger partial charge in [0.25, 0.3) is 5.69 Å². The van der Waals surface area contributed by atoms with Crippen molar-refractivity contribution >= 4 is 27.3 Å². The van der Waals surface area contributed by atoms with Gasteiger partial charge < -0.3 is 11.1 Å². The molecule has 0 bridgehead atoms. The van der Waals surface area contributed by atoms with Crippen LogP contribution in [-0.4, -0.2) is 32.8 Å². The zero-order valence-electron chi connectivity index (χ0n) is 10.6. The molecule has 0 saturated carbocycles. The number of carbonyl (C=O) groups is 1. The molecule has 0 aliphatic carbocycles. The summed E-state index contributed by atoms with van der Waals surface area (Å²) in [5.74, 6) is -0.348. The molecule has 4 N–H and O–H groups in total. The van der Waals surface area contributed by atoms with Crippen molar-refractivity contribution in [2.75, 3.05) is 19.3 Å². The van der Waals surface area contributed by atoms with Gasteiger partial charge in [-0.1, -0.05) is 0 Å². The summed E-state index contributed by atoms with van der Waals surface area (Å²) in [6.45, 7) is -0.163. The normalized spacial score (nSPS) is 11.1. The maximum absolute atomic E-state index is 12.0. The first kappa shape index (κ1) is 15.9. The van der Waals surface area contributed by atoms with Crippen LogP contribution in [0.5, 0.6) is 0 Å². The number of nitrogens with zero attached hydrogens (tertiary/aromatic N) is 1. The Morgan fingerprint density at radius 3 is 2.65 bits per heavy atom. The van der Waals surface area contributed by atoms with Crippen molar-refractivity contribution in [3.05, 3.63) is 28.3 Å². The van der Waals surface area contributed by atoms with Crippen molar-refractivity contribution in [2.45, 2.75) is 11.3 Å². The van der Waals surface area contributed by atoms with Gasteiger partial charge in [0.15, 0.2) is 4.90 Å². The molecule has 10 heteroatoms. The summed E-state index contributed by atoms with van der Waals surface area (Å²) in [6, 6.07) is 3.27. The number of rotatable bonds is 6. The van der Waals surface area contributed by atoms with Crippen molar-refractivity contribution in [1.29, 1.82) is 0 Å². The molecule has 1 amide bonds. The van der Waals surface area contributed by atoms with Crippen LogP contribution >= 0.6 is 0 Å². The third-order valence-electron chi connectivity index (χ3n) is 2.39. The fourth-order valence-electron chi connectivity index (χ4n) is 1.41. The Bertz CT molecular complexity index is 629. The van der Waals surface area contributed by atoms with Crippen LogP contribution < -0.4 is 15.8 Å². The summed E-state index contributed by atoms with van der Waals surface area (Å²) < 4.78 is 26.0. The van der Waals surface area contributed by atoms with E-state index < -0.39 is 25.5 Å². The van der Waals surface area contributed by atoms with Crippen LogP contribution in [-0.2, 0) is 14.8 Å². The molecule has 1 aromatic rings. The SMILES string of the molecule is CNC(=O)CCNS(=O)(=O)c1ccc(N)cc1[N+](=O)[O-]. The highest BCUT2D eigenvalue weighted by molar-refractivity contribution is 7.89. The zero-order valence-corrected chi connectivity index (χ0v) is 11.4. The van der Waals surface area contributed by atoms with E-state index >= 15 is 0 Å². The van der Waals surface area contributed by atoms with Gasteiger partial charge >= 0.3 is 0 Å². The summed E-state index contributed by atoms with van der Waals surface area (Å²) in [5, 5.41) is 13.2. The van der Waals surface area contributed by atoms with E-state index in [4.69, 9.17) is 5.73 Å². The van der Waals surface area contributed by atoms with Gasteiger partial charge in [0.2, 0.25) is 15.9 Å². The van der Waals surface area contributed by atoms with E-state index in [0.29, 0.717) is 0 Å². The minimum atomic E-state index is -4.08. The molecule has 0 aliphatic rings. The predicted octanol–water partition coefficient (Wildman–Crippen LogP) is -0.409. The van der Waals surface area contributed by atoms with Crippen LogP contribution in [0.4, 0.5) is 11.4 Å². The van der Waals surface area contributed by atoms with E-state index in [1.54, 1.807) is 0 Å². The first-order chi connectivity index (χ1) is 9.27. The maximum atomic E-state index is 12.0. The Kier molecular flexibility index (Phi) is 5.00. The quantitative estimate of drug-likeness (QED) is 0.370. The third kappa shape index (κ3) is 3.90. The zero-order chi connectivity index (χ0) is 15.3. The second-order valence-electron chi connectivity index (χ2n) is 3.81. The smallest absolute Gasteiger partial charge is 0.291 e. The summed E-state index contributed by atoms with van der Waals surface area (Å²) in [7, 11) is -2.67. The van der Waals surface area contributed by atoms with E-state index in [0.717, 1.165) is 12.1 Å². The second kappa shape index (κ2) is 6.30. The highest BCUT2D eigenvalue weighted by atomic mass is 32.2. The number of carbonyl (C=O) groups excluding carboxylic acids is 1.